The first-order valence-electron chi connectivity index (χ1n) is 7.43. The zero-order chi connectivity index (χ0) is 16.4. The third kappa shape index (κ3) is 3.16. The summed E-state index contributed by atoms with van der Waals surface area (Å²) in [7, 11) is 0. The fraction of sp³-hybridized carbons (Fsp3) is 0.158. The van der Waals surface area contributed by atoms with Gasteiger partial charge in [-0.1, -0.05) is 18.2 Å². The van der Waals surface area contributed by atoms with Crippen LogP contribution in [0.4, 0.5) is 0 Å². The van der Waals surface area contributed by atoms with Crippen LogP contribution in [0.5, 0.6) is 5.75 Å². The van der Waals surface area contributed by atoms with Gasteiger partial charge in [0.15, 0.2) is 0 Å². The lowest BCUT2D eigenvalue weighted by atomic mass is 10.1. The molecule has 2 aromatic carbocycles. The largest absolute Gasteiger partial charge is 0.489 e. The van der Waals surface area contributed by atoms with E-state index in [2.05, 4.69) is 4.98 Å². The Hall–Kier alpha value is -2.88. The van der Waals surface area contributed by atoms with Gasteiger partial charge in [-0.05, 0) is 49.7 Å². The molecule has 0 spiro atoms. The third-order valence-corrected chi connectivity index (χ3v) is 3.79. The van der Waals surface area contributed by atoms with Gasteiger partial charge in [0.05, 0.1) is 5.52 Å². The molecule has 0 bridgehead atoms. The predicted molar refractivity (Wildman–Crippen MR) is 90.5 cm³/mol. The summed E-state index contributed by atoms with van der Waals surface area (Å²) in [6.45, 7) is 4.26. The summed E-state index contributed by atoms with van der Waals surface area (Å²) in [5.41, 5.74) is 9.66. The van der Waals surface area contributed by atoms with Crippen LogP contribution in [0.3, 0.4) is 0 Å². The minimum atomic E-state index is -0.426. The molecule has 0 aliphatic rings. The Morgan fingerprint density at radius 1 is 1.13 bits per heavy atom. The average Bonchev–Trinajstić information content (AvgIpc) is 2.52. The van der Waals surface area contributed by atoms with Crippen LogP contribution >= 0.6 is 0 Å². The number of rotatable bonds is 4. The van der Waals surface area contributed by atoms with E-state index >= 15 is 0 Å². The van der Waals surface area contributed by atoms with Gasteiger partial charge in [0.25, 0.3) is 0 Å². The summed E-state index contributed by atoms with van der Waals surface area (Å²) in [4.78, 5) is 15.8. The molecule has 0 saturated heterocycles. The number of carbonyl (C=O) groups excluding carboxylic acids is 1. The van der Waals surface area contributed by atoms with E-state index in [9.17, 15) is 4.79 Å². The molecule has 1 heterocycles. The second-order valence-electron chi connectivity index (χ2n) is 5.57. The van der Waals surface area contributed by atoms with Gasteiger partial charge in [0, 0.05) is 22.2 Å². The fourth-order valence-corrected chi connectivity index (χ4v) is 2.68. The molecule has 4 heteroatoms. The lowest BCUT2D eigenvalue weighted by molar-refractivity contribution is 0.0999. The molecule has 3 rings (SSSR count). The molecule has 0 unspecified atom stereocenters. The van der Waals surface area contributed by atoms with Crippen LogP contribution in [0.2, 0.25) is 0 Å². The smallest absolute Gasteiger partial charge is 0.248 e. The van der Waals surface area contributed by atoms with E-state index < -0.39 is 5.91 Å². The van der Waals surface area contributed by atoms with Crippen LogP contribution in [-0.4, -0.2) is 10.9 Å². The summed E-state index contributed by atoms with van der Waals surface area (Å²) in [5.74, 6) is 0.288. The second-order valence-corrected chi connectivity index (χ2v) is 5.57. The van der Waals surface area contributed by atoms with Crippen LogP contribution in [-0.2, 0) is 6.61 Å². The number of aromatic nitrogens is 1. The SMILES string of the molecule is Cc1cc(COc2ccc(C(N)=O)c(C)c2)c2ccccc2n1. The number of hydrogen-bond acceptors (Lipinski definition) is 3. The number of amides is 1. The Balaban J connectivity index is 1.86. The molecule has 2 N–H and O–H groups in total. The van der Waals surface area contributed by atoms with E-state index in [0.29, 0.717) is 17.9 Å². The number of para-hydroxylation sites is 1. The van der Waals surface area contributed by atoms with Gasteiger partial charge in [0.2, 0.25) is 5.91 Å². The summed E-state index contributed by atoms with van der Waals surface area (Å²) < 4.78 is 5.89. The van der Waals surface area contributed by atoms with E-state index in [1.807, 2.05) is 50.2 Å². The van der Waals surface area contributed by atoms with Crippen molar-refractivity contribution in [1.29, 1.82) is 0 Å². The van der Waals surface area contributed by atoms with Gasteiger partial charge in [0.1, 0.15) is 12.4 Å². The maximum absolute atomic E-state index is 11.3. The number of ether oxygens (including phenoxy) is 1. The standard InChI is InChI=1S/C19H18N2O2/c1-12-9-15(7-8-16(12)19(20)22)23-11-14-10-13(2)21-18-6-4-3-5-17(14)18/h3-10H,11H2,1-2H3,(H2,20,22). The molecule has 0 saturated carbocycles. The van der Waals surface area contributed by atoms with Crippen molar-refractivity contribution in [3.05, 3.63) is 70.9 Å². The molecule has 0 radical (unpaired) electrons. The number of nitrogens with two attached hydrogens (primary N) is 1. The van der Waals surface area contributed by atoms with Gasteiger partial charge >= 0.3 is 0 Å². The number of aryl methyl sites for hydroxylation is 2. The quantitative estimate of drug-likeness (QED) is 0.802. The summed E-state index contributed by atoms with van der Waals surface area (Å²) >= 11 is 0. The van der Waals surface area contributed by atoms with Crippen molar-refractivity contribution >= 4 is 16.8 Å². The molecule has 0 aliphatic heterocycles. The Bertz CT molecular complexity index is 888. The highest BCUT2D eigenvalue weighted by Gasteiger charge is 2.08. The molecule has 116 valence electrons. The minimum Gasteiger partial charge on any atom is -0.489 e. The number of carbonyl (C=O) groups is 1. The Labute approximate surface area is 134 Å². The van der Waals surface area contributed by atoms with Gasteiger partial charge in [-0.2, -0.15) is 0 Å². The van der Waals surface area contributed by atoms with Crippen molar-refractivity contribution < 1.29 is 9.53 Å². The van der Waals surface area contributed by atoms with Crippen LogP contribution in [0.1, 0.15) is 27.2 Å². The van der Waals surface area contributed by atoms with E-state index in [4.69, 9.17) is 10.5 Å². The first-order valence-corrected chi connectivity index (χ1v) is 7.43. The van der Waals surface area contributed by atoms with Gasteiger partial charge in [-0.3, -0.25) is 9.78 Å². The van der Waals surface area contributed by atoms with Gasteiger partial charge < -0.3 is 10.5 Å². The van der Waals surface area contributed by atoms with Crippen molar-refractivity contribution in [1.82, 2.24) is 4.98 Å². The van der Waals surface area contributed by atoms with Crippen molar-refractivity contribution in [2.75, 3.05) is 0 Å². The lowest BCUT2D eigenvalue weighted by Gasteiger charge is -2.11. The monoisotopic (exact) mass is 306 g/mol. The molecule has 1 aromatic heterocycles. The van der Waals surface area contributed by atoms with Crippen LogP contribution in [0.15, 0.2) is 48.5 Å². The van der Waals surface area contributed by atoms with Gasteiger partial charge in [-0.25, -0.2) is 0 Å². The Kier molecular flexibility index (Phi) is 3.98. The highest BCUT2D eigenvalue weighted by Crippen LogP contribution is 2.22. The van der Waals surface area contributed by atoms with Crippen molar-refractivity contribution in [2.24, 2.45) is 5.73 Å². The maximum Gasteiger partial charge on any atom is 0.248 e. The first-order chi connectivity index (χ1) is 11.0. The molecule has 0 fully saturated rings. The molecule has 3 aromatic rings. The number of benzene rings is 2. The van der Waals surface area contributed by atoms with Crippen molar-refractivity contribution in [3.8, 4) is 5.75 Å². The lowest BCUT2D eigenvalue weighted by Crippen LogP contribution is -2.12. The Morgan fingerprint density at radius 2 is 1.91 bits per heavy atom. The molecule has 0 atom stereocenters. The minimum absolute atomic E-state index is 0.426. The third-order valence-electron chi connectivity index (χ3n) is 3.79. The average molecular weight is 306 g/mol. The normalized spacial score (nSPS) is 10.7. The molecule has 23 heavy (non-hydrogen) atoms. The summed E-state index contributed by atoms with van der Waals surface area (Å²) in [6.07, 6.45) is 0. The number of nitrogens with zero attached hydrogens (tertiary/aromatic N) is 1. The van der Waals surface area contributed by atoms with E-state index in [-0.39, 0.29) is 0 Å². The first kappa shape index (κ1) is 15.0. The number of fused-ring (bicyclic) bond motifs is 1. The molecular weight excluding hydrogens is 288 g/mol. The van der Waals surface area contributed by atoms with E-state index in [1.165, 1.54) is 0 Å². The molecule has 1 amide bonds. The maximum atomic E-state index is 11.3. The molecule has 0 aliphatic carbocycles. The fourth-order valence-electron chi connectivity index (χ4n) is 2.68. The molecular formula is C19H18N2O2. The van der Waals surface area contributed by atoms with Crippen LogP contribution in [0, 0.1) is 13.8 Å². The summed E-state index contributed by atoms with van der Waals surface area (Å²) in [5, 5.41) is 1.09. The Morgan fingerprint density at radius 3 is 2.65 bits per heavy atom. The second kappa shape index (κ2) is 6.08. The highest BCUT2D eigenvalue weighted by atomic mass is 16.5. The number of primary amides is 1. The predicted octanol–water partition coefficient (Wildman–Crippen LogP) is 3.53. The number of hydrogen-bond donors (Lipinski definition) is 1. The van der Waals surface area contributed by atoms with Crippen molar-refractivity contribution in [3.63, 3.8) is 0 Å². The van der Waals surface area contributed by atoms with E-state index in [0.717, 1.165) is 27.7 Å². The number of pyridine rings is 1. The zero-order valence-electron chi connectivity index (χ0n) is 13.2. The van der Waals surface area contributed by atoms with E-state index in [1.54, 1.807) is 12.1 Å². The van der Waals surface area contributed by atoms with Crippen LogP contribution < -0.4 is 10.5 Å². The van der Waals surface area contributed by atoms with Crippen molar-refractivity contribution in [2.45, 2.75) is 20.5 Å². The highest BCUT2D eigenvalue weighted by molar-refractivity contribution is 5.94. The zero-order valence-corrected chi connectivity index (χ0v) is 13.2. The molecule has 4 nitrogen and oxygen atoms in total. The topological polar surface area (TPSA) is 65.2 Å². The van der Waals surface area contributed by atoms with Crippen LogP contribution in [0.25, 0.3) is 10.9 Å². The van der Waals surface area contributed by atoms with Gasteiger partial charge in [-0.15, -0.1) is 0 Å². The summed E-state index contributed by atoms with van der Waals surface area (Å²) in [6, 6.07) is 15.3.